The number of benzene rings is 1. The molecule has 1 aromatic carbocycles. The van der Waals surface area contributed by atoms with Crippen LogP contribution < -0.4 is 16.0 Å². The fourth-order valence-corrected chi connectivity index (χ4v) is 3.24. The van der Waals surface area contributed by atoms with Gasteiger partial charge in [0.1, 0.15) is 0 Å². The van der Waals surface area contributed by atoms with E-state index >= 15 is 0 Å². The topological polar surface area (TPSA) is 87.3 Å². The lowest BCUT2D eigenvalue weighted by Crippen LogP contribution is -2.29. The van der Waals surface area contributed by atoms with Gasteiger partial charge in [0.05, 0.1) is 23.2 Å². The first-order chi connectivity index (χ1) is 12.4. The van der Waals surface area contributed by atoms with Crippen LogP contribution in [0, 0.1) is 0 Å². The van der Waals surface area contributed by atoms with Gasteiger partial charge in [-0.2, -0.15) is 0 Å². The molecule has 1 unspecified atom stereocenters. The van der Waals surface area contributed by atoms with E-state index in [1.807, 2.05) is 17.5 Å². The average molecular weight is 394 g/mol. The number of rotatable bonds is 7. The predicted octanol–water partition coefficient (Wildman–Crippen LogP) is 3.96. The van der Waals surface area contributed by atoms with Crippen molar-refractivity contribution in [2.75, 3.05) is 10.6 Å². The molecule has 0 aliphatic carbocycles. The SMILES string of the molecule is CCC(=O)Nc1ccc(Cl)c(NC(=O)CC(NC(C)=O)c2cccs2)c1. The number of carbonyl (C=O) groups excluding carboxylic acids is 3. The standard InChI is InChI=1S/C18H20ClN3O3S/c1-3-17(24)21-12-6-7-13(19)14(9-12)22-18(25)10-15(20-11(2)23)16-5-4-8-26-16/h4-9,15H,3,10H2,1-2H3,(H,20,23)(H,21,24)(H,22,25). The van der Waals surface area contributed by atoms with E-state index in [0.717, 1.165) is 4.88 Å². The molecule has 3 amide bonds. The van der Waals surface area contributed by atoms with Gasteiger partial charge in [0.25, 0.3) is 0 Å². The molecule has 3 N–H and O–H groups in total. The lowest BCUT2D eigenvalue weighted by molar-refractivity contribution is -0.120. The van der Waals surface area contributed by atoms with Gasteiger partial charge in [-0.3, -0.25) is 14.4 Å². The Hall–Kier alpha value is -2.38. The maximum atomic E-state index is 12.4. The summed E-state index contributed by atoms with van der Waals surface area (Å²) in [5.41, 5.74) is 0.951. The first-order valence-corrected chi connectivity index (χ1v) is 9.34. The molecular formula is C18H20ClN3O3S. The third-order valence-electron chi connectivity index (χ3n) is 3.50. The van der Waals surface area contributed by atoms with Gasteiger partial charge in [0.15, 0.2) is 0 Å². The van der Waals surface area contributed by atoms with Crippen LogP contribution in [0.15, 0.2) is 35.7 Å². The molecule has 0 saturated carbocycles. The fraction of sp³-hybridized carbons (Fsp3) is 0.278. The van der Waals surface area contributed by atoms with Crippen molar-refractivity contribution >= 4 is 52.0 Å². The molecule has 1 atom stereocenters. The van der Waals surface area contributed by atoms with Crippen molar-refractivity contribution in [1.82, 2.24) is 5.32 Å². The van der Waals surface area contributed by atoms with E-state index in [1.165, 1.54) is 18.3 Å². The highest BCUT2D eigenvalue weighted by Crippen LogP contribution is 2.27. The van der Waals surface area contributed by atoms with Crippen molar-refractivity contribution in [3.63, 3.8) is 0 Å². The van der Waals surface area contributed by atoms with E-state index in [2.05, 4.69) is 16.0 Å². The van der Waals surface area contributed by atoms with Gasteiger partial charge in [-0.1, -0.05) is 24.6 Å². The first kappa shape index (κ1) is 19.9. The normalized spacial score (nSPS) is 11.5. The third-order valence-corrected chi connectivity index (χ3v) is 4.81. The molecular weight excluding hydrogens is 374 g/mol. The van der Waals surface area contributed by atoms with E-state index < -0.39 is 6.04 Å². The van der Waals surface area contributed by atoms with Crippen molar-refractivity contribution < 1.29 is 14.4 Å². The number of hydrogen-bond acceptors (Lipinski definition) is 4. The number of hydrogen-bond donors (Lipinski definition) is 3. The van der Waals surface area contributed by atoms with Crippen LogP contribution in [0.4, 0.5) is 11.4 Å². The number of thiophene rings is 1. The Morgan fingerprint density at radius 2 is 1.92 bits per heavy atom. The Balaban J connectivity index is 2.09. The molecule has 138 valence electrons. The maximum Gasteiger partial charge on any atom is 0.226 e. The molecule has 0 saturated heterocycles. The van der Waals surface area contributed by atoms with Crippen LogP contribution in [0.5, 0.6) is 0 Å². The van der Waals surface area contributed by atoms with Crippen LogP contribution in [-0.4, -0.2) is 17.7 Å². The highest BCUT2D eigenvalue weighted by molar-refractivity contribution is 7.10. The quantitative estimate of drug-likeness (QED) is 0.665. The molecule has 2 rings (SSSR count). The minimum absolute atomic E-state index is 0.0714. The van der Waals surface area contributed by atoms with Crippen molar-refractivity contribution in [3.8, 4) is 0 Å². The van der Waals surface area contributed by atoms with E-state index in [1.54, 1.807) is 25.1 Å². The smallest absolute Gasteiger partial charge is 0.226 e. The predicted molar refractivity (Wildman–Crippen MR) is 104 cm³/mol. The molecule has 1 heterocycles. The molecule has 0 fully saturated rings. The van der Waals surface area contributed by atoms with E-state index in [4.69, 9.17) is 11.6 Å². The molecule has 2 aromatic rings. The third kappa shape index (κ3) is 5.86. The van der Waals surface area contributed by atoms with Crippen molar-refractivity contribution in [2.24, 2.45) is 0 Å². The van der Waals surface area contributed by atoms with Crippen LogP contribution in [0.25, 0.3) is 0 Å². The van der Waals surface area contributed by atoms with E-state index in [9.17, 15) is 14.4 Å². The van der Waals surface area contributed by atoms with Crippen molar-refractivity contribution in [3.05, 3.63) is 45.6 Å². The van der Waals surface area contributed by atoms with Gasteiger partial charge in [0, 0.05) is 23.9 Å². The minimum atomic E-state index is -0.408. The average Bonchev–Trinajstić information content (AvgIpc) is 3.11. The Bertz CT molecular complexity index is 793. The molecule has 0 aliphatic rings. The lowest BCUT2D eigenvalue weighted by Gasteiger charge is -2.17. The summed E-state index contributed by atoms with van der Waals surface area (Å²) in [5.74, 6) is -0.635. The molecule has 0 spiro atoms. The molecule has 0 aliphatic heterocycles. The summed E-state index contributed by atoms with van der Waals surface area (Å²) in [6.45, 7) is 3.16. The zero-order chi connectivity index (χ0) is 19.1. The van der Waals surface area contributed by atoms with Crippen LogP contribution >= 0.6 is 22.9 Å². The largest absolute Gasteiger partial charge is 0.348 e. The van der Waals surface area contributed by atoms with Crippen LogP contribution in [-0.2, 0) is 14.4 Å². The molecule has 1 aromatic heterocycles. The molecule has 26 heavy (non-hydrogen) atoms. The molecule has 6 nitrogen and oxygen atoms in total. The summed E-state index contributed by atoms with van der Waals surface area (Å²) in [4.78, 5) is 36.3. The summed E-state index contributed by atoms with van der Waals surface area (Å²) >= 11 is 7.60. The van der Waals surface area contributed by atoms with Crippen LogP contribution in [0.3, 0.4) is 0 Å². The fourth-order valence-electron chi connectivity index (χ4n) is 2.29. The summed E-state index contributed by atoms with van der Waals surface area (Å²) in [5, 5.41) is 10.5. The van der Waals surface area contributed by atoms with E-state index in [0.29, 0.717) is 22.8 Å². The second kappa shape index (κ2) is 9.35. The number of halogens is 1. The Morgan fingerprint density at radius 1 is 1.15 bits per heavy atom. The van der Waals surface area contributed by atoms with Gasteiger partial charge in [-0.25, -0.2) is 0 Å². The number of carbonyl (C=O) groups is 3. The summed E-state index contributed by atoms with van der Waals surface area (Å²) in [6, 6.07) is 8.20. The Labute approximate surface area is 160 Å². The monoisotopic (exact) mass is 393 g/mol. The maximum absolute atomic E-state index is 12.4. The minimum Gasteiger partial charge on any atom is -0.348 e. The summed E-state index contributed by atoms with van der Waals surface area (Å²) < 4.78 is 0. The van der Waals surface area contributed by atoms with Crippen molar-refractivity contribution in [1.29, 1.82) is 0 Å². The Morgan fingerprint density at radius 3 is 2.54 bits per heavy atom. The number of anilines is 2. The summed E-state index contributed by atoms with van der Waals surface area (Å²) in [7, 11) is 0. The van der Waals surface area contributed by atoms with Gasteiger partial charge < -0.3 is 16.0 Å². The zero-order valence-corrected chi connectivity index (χ0v) is 16.0. The van der Waals surface area contributed by atoms with Gasteiger partial charge in [-0.15, -0.1) is 11.3 Å². The Kier molecular flexibility index (Phi) is 7.17. The van der Waals surface area contributed by atoms with E-state index in [-0.39, 0.29) is 24.1 Å². The second-order valence-corrected chi connectivity index (χ2v) is 7.00. The van der Waals surface area contributed by atoms with Crippen molar-refractivity contribution in [2.45, 2.75) is 32.7 Å². The zero-order valence-electron chi connectivity index (χ0n) is 14.5. The molecule has 0 radical (unpaired) electrons. The van der Waals surface area contributed by atoms with Crippen LogP contribution in [0.1, 0.15) is 37.6 Å². The van der Waals surface area contributed by atoms with Gasteiger partial charge in [0.2, 0.25) is 17.7 Å². The number of amides is 3. The number of nitrogens with one attached hydrogen (secondary N) is 3. The highest BCUT2D eigenvalue weighted by atomic mass is 35.5. The van der Waals surface area contributed by atoms with Gasteiger partial charge in [-0.05, 0) is 29.6 Å². The molecule has 0 bridgehead atoms. The van der Waals surface area contributed by atoms with Crippen LogP contribution in [0.2, 0.25) is 5.02 Å². The summed E-state index contributed by atoms with van der Waals surface area (Å²) in [6.07, 6.45) is 0.422. The first-order valence-electron chi connectivity index (χ1n) is 8.08. The lowest BCUT2D eigenvalue weighted by atomic mass is 10.1. The molecule has 8 heteroatoms. The van der Waals surface area contributed by atoms with Gasteiger partial charge >= 0.3 is 0 Å². The second-order valence-electron chi connectivity index (χ2n) is 5.62. The highest BCUT2D eigenvalue weighted by Gasteiger charge is 2.19.